The summed E-state index contributed by atoms with van der Waals surface area (Å²) >= 11 is 0. The minimum atomic E-state index is 0.138. The van der Waals surface area contributed by atoms with E-state index in [4.69, 9.17) is 0 Å². The molecule has 0 heterocycles. The Morgan fingerprint density at radius 1 is 0.640 bits per heavy atom. The largest absolute Gasteiger partial charge is 0.0646 e. The van der Waals surface area contributed by atoms with Crippen LogP contribution in [0.25, 0.3) is 12.2 Å². The predicted octanol–water partition coefficient (Wildman–Crippen LogP) is 7.03. The maximum absolute atomic E-state index is 2.46. The number of fused-ring (bicyclic) bond motifs is 2. The summed E-state index contributed by atoms with van der Waals surface area (Å²) < 4.78 is 0. The summed E-state index contributed by atoms with van der Waals surface area (Å²) in [5.74, 6) is 0.949. The highest BCUT2D eigenvalue weighted by Gasteiger charge is 2.44. The van der Waals surface area contributed by atoms with Crippen LogP contribution in [0, 0.1) is 19.3 Å². The molecule has 2 aromatic carbocycles. The fraction of sp³-hybridized carbons (Fsp3) is 0.360. The maximum Gasteiger partial charge on any atom is 0.0115 e. The van der Waals surface area contributed by atoms with E-state index in [0.717, 1.165) is 0 Å². The molecule has 0 aromatic heterocycles. The van der Waals surface area contributed by atoms with Crippen LogP contribution in [-0.4, -0.2) is 0 Å². The van der Waals surface area contributed by atoms with Crippen molar-refractivity contribution < 1.29 is 0 Å². The lowest BCUT2D eigenvalue weighted by molar-refractivity contribution is 0.275. The summed E-state index contributed by atoms with van der Waals surface area (Å²) in [6.07, 6.45) is 4.79. The first-order valence-electron chi connectivity index (χ1n) is 9.36. The Hall–Kier alpha value is -2.08. The molecule has 25 heavy (non-hydrogen) atoms. The zero-order valence-corrected chi connectivity index (χ0v) is 16.3. The Morgan fingerprint density at radius 2 is 1.04 bits per heavy atom. The van der Waals surface area contributed by atoms with Crippen LogP contribution in [0.2, 0.25) is 0 Å². The highest BCUT2D eigenvalue weighted by molar-refractivity contribution is 5.70. The van der Waals surface area contributed by atoms with E-state index in [1.165, 1.54) is 44.5 Å². The molecule has 0 amide bonds. The lowest BCUT2D eigenvalue weighted by atomic mass is 9.62. The van der Waals surface area contributed by atoms with Gasteiger partial charge in [-0.25, -0.2) is 0 Å². The topological polar surface area (TPSA) is 0 Å². The molecular formula is C25H28. The zero-order valence-electron chi connectivity index (χ0n) is 16.3. The van der Waals surface area contributed by atoms with Gasteiger partial charge in [-0.1, -0.05) is 84.7 Å². The van der Waals surface area contributed by atoms with Gasteiger partial charge in [0.25, 0.3) is 0 Å². The molecule has 0 N–H and O–H groups in total. The van der Waals surface area contributed by atoms with Crippen molar-refractivity contribution in [3.05, 3.63) is 80.9 Å². The predicted molar refractivity (Wildman–Crippen MR) is 109 cm³/mol. The molecule has 0 nitrogen and oxygen atoms in total. The highest BCUT2D eigenvalue weighted by Crippen LogP contribution is 2.58. The number of aryl methyl sites for hydroxylation is 2. The van der Waals surface area contributed by atoms with Gasteiger partial charge in [-0.05, 0) is 55.4 Å². The standard InChI is InChI=1S/C25H28/c1-15-7-9-19-13-17(3)23(21(19)11-15)25(5,6)24-18(4)14-20-10-8-16(2)12-22(20)24/h7-14,23-24H,1-6H3. The fourth-order valence-electron chi connectivity index (χ4n) is 5.44. The number of rotatable bonds is 2. The van der Waals surface area contributed by atoms with Gasteiger partial charge in [0.1, 0.15) is 0 Å². The average Bonchev–Trinajstić information content (AvgIpc) is 3.02. The van der Waals surface area contributed by atoms with Crippen molar-refractivity contribution in [1.29, 1.82) is 0 Å². The van der Waals surface area contributed by atoms with E-state index in [9.17, 15) is 0 Å². The Bertz CT molecular complexity index is 846. The zero-order chi connectivity index (χ0) is 17.9. The fourth-order valence-corrected chi connectivity index (χ4v) is 5.44. The molecule has 0 aliphatic heterocycles. The monoisotopic (exact) mass is 328 g/mol. The molecule has 128 valence electrons. The molecule has 0 bridgehead atoms. The molecular weight excluding hydrogens is 300 g/mol. The second kappa shape index (κ2) is 5.46. The first-order chi connectivity index (χ1) is 11.8. The summed E-state index contributed by atoms with van der Waals surface area (Å²) in [5, 5.41) is 0. The van der Waals surface area contributed by atoms with Gasteiger partial charge in [-0.2, -0.15) is 0 Å². The van der Waals surface area contributed by atoms with Crippen LogP contribution in [0.1, 0.15) is 72.9 Å². The number of allylic oxidation sites excluding steroid dienone is 2. The van der Waals surface area contributed by atoms with Crippen LogP contribution in [0.15, 0.2) is 47.5 Å². The van der Waals surface area contributed by atoms with Gasteiger partial charge < -0.3 is 0 Å². The molecule has 2 atom stereocenters. The summed E-state index contributed by atoms with van der Waals surface area (Å²) in [6, 6.07) is 13.9. The van der Waals surface area contributed by atoms with E-state index in [1.54, 1.807) is 0 Å². The number of hydrogen-bond acceptors (Lipinski definition) is 0. The van der Waals surface area contributed by atoms with Crippen LogP contribution < -0.4 is 0 Å². The molecule has 2 aromatic rings. The van der Waals surface area contributed by atoms with Gasteiger partial charge in [-0.3, -0.25) is 0 Å². The quantitative estimate of drug-likeness (QED) is 0.555. The van der Waals surface area contributed by atoms with Gasteiger partial charge >= 0.3 is 0 Å². The molecule has 2 unspecified atom stereocenters. The average molecular weight is 328 g/mol. The highest BCUT2D eigenvalue weighted by atomic mass is 14.5. The lowest BCUT2D eigenvalue weighted by Crippen LogP contribution is -2.29. The minimum Gasteiger partial charge on any atom is -0.0646 e. The molecule has 0 saturated heterocycles. The van der Waals surface area contributed by atoms with Crippen molar-refractivity contribution in [2.24, 2.45) is 5.41 Å². The first-order valence-corrected chi connectivity index (χ1v) is 9.36. The van der Waals surface area contributed by atoms with E-state index >= 15 is 0 Å². The Balaban J connectivity index is 1.85. The molecule has 0 saturated carbocycles. The van der Waals surface area contributed by atoms with Gasteiger partial charge in [0.2, 0.25) is 0 Å². The second-order valence-electron chi connectivity index (χ2n) is 8.73. The van der Waals surface area contributed by atoms with Crippen molar-refractivity contribution in [3.63, 3.8) is 0 Å². The van der Waals surface area contributed by atoms with E-state index in [-0.39, 0.29) is 5.41 Å². The smallest absolute Gasteiger partial charge is 0.0115 e. The van der Waals surface area contributed by atoms with Crippen molar-refractivity contribution >= 4 is 12.2 Å². The SMILES string of the molecule is CC1=Cc2ccc(C)cc2C1C(C)(C)C1C(C)=Cc2ccc(C)cc21. The van der Waals surface area contributed by atoms with Crippen LogP contribution in [-0.2, 0) is 0 Å². The van der Waals surface area contributed by atoms with Gasteiger partial charge in [0.15, 0.2) is 0 Å². The van der Waals surface area contributed by atoms with Gasteiger partial charge in [-0.15, -0.1) is 0 Å². The van der Waals surface area contributed by atoms with Crippen molar-refractivity contribution in [3.8, 4) is 0 Å². The van der Waals surface area contributed by atoms with E-state index in [2.05, 4.69) is 90.1 Å². The maximum atomic E-state index is 2.46. The summed E-state index contributed by atoms with van der Waals surface area (Å²) in [5.41, 5.74) is 11.7. The van der Waals surface area contributed by atoms with Crippen LogP contribution >= 0.6 is 0 Å². The van der Waals surface area contributed by atoms with E-state index in [1.807, 2.05) is 0 Å². The van der Waals surface area contributed by atoms with Crippen molar-refractivity contribution in [2.45, 2.75) is 53.4 Å². The van der Waals surface area contributed by atoms with Gasteiger partial charge in [0, 0.05) is 11.8 Å². The third kappa shape index (κ3) is 2.42. The summed E-state index contributed by atoms with van der Waals surface area (Å²) in [7, 11) is 0. The van der Waals surface area contributed by atoms with Crippen LogP contribution in [0.3, 0.4) is 0 Å². The molecule has 0 fully saturated rings. The first kappa shape index (κ1) is 16.4. The number of benzene rings is 2. The molecule has 2 aliphatic carbocycles. The molecule has 4 rings (SSSR count). The van der Waals surface area contributed by atoms with Crippen LogP contribution in [0.5, 0.6) is 0 Å². The van der Waals surface area contributed by atoms with Gasteiger partial charge in [0.05, 0.1) is 0 Å². The Labute approximate surface area is 152 Å². The third-order valence-electron chi connectivity index (χ3n) is 6.27. The molecule has 0 radical (unpaired) electrons. The lowest BCUT2D eigenvalue weighted by Gasteiger charge is -2.41. The second-order valence-corrected chi connectivity index (χ2v) is 8.73. The minimum absolute atomic E-state index is 0.138. The Morgan fingerprint density at radius 3 is 1.44 bits per heavy atom. The third-order valence-corrected chi connectivity index (χ3v) is 6.27. The van der Waals surface area contributed by atoms with Crippen molar-refractivity contribution in [1.82, 2.24) is 0 Å². The normalized spacial score (nSPS) is 21.7. The summed E-state index contributed by atoms with van der Waals surface area (Å²) in [6.45, 7) is 14.0. The van der Waals surface area contributed by atoms with E-state index < -0.39 is 0 Å². The van der Waals surface area contributed by atoms with E-state index in [0.29, 0.717) is 11.8 Å². The number of hydrogen-bond donors (Lipinski definition) is 0. The van der Waals surface area contributed by atoms with Crippen LogP contribution in [0.4, 0.5) is 0 Å². The molecule has 2 aliphatic rings. The molecule has 0 spiro atoms. The Kier molecular flexibility index (Phi) is 3.58. The summed E-state index contributed by atoms with van der Waals surface area (Å²) in [4.78, 5) is 0. The molecule has 0 heteroatoms. The van der Waals surface area contributed by atoms with Crippen molar-refractivity contribution in [2.75, 3.05) is 0 Å².